The number of nitrogens with one attached hydrogen (secondary N) is 1. The highest BCUT2D eigenvalue weighted by molar-refractivity contribution is 5.91. The van der Waals surface area contributed by atoms with Crippen molar-refractivity contribution < 1.29 is 9.53 Å². The van der Waals surface area contributed by atoms with Gasteiger partial charge in [0.1, 0.15) is 12.4 Å². The van der Waals surface area contributed by atoms with Crippen LogP contribution in [-0.2, 0) is 9.53 Å². The number of aryl methyl sites for hydroxylation is 1. The van der Waals surface area contributed by atoms with E-state index in [-0.39, 0.29) is 12.5 Å². The number of amides is 1. The molecule has 1 N–H and O–H groups in total. The molecule has 0 atom stereocenters. The summed E-state index contributed by atoms with van der Waals surface area (Å²) in [6, 6.07) is 0. The molecule has 0 bridgehead atoms. The lowest BCUT2D eigenvalue weighted by atomic mass is 10.5. The lowest BCUT2D eigenvalue weighted by Crippen LogP contribution is -2.17. The van der Waals surface area contributed by atoms with E-state index in [2.05, 4.69) is 20.0 Å². The molecule has 0 radical (unpaired) electrons. The molecule has 0 saturated heterocycles. The minimum absolute atomic E-state index is 0.0356. The first-order valence-electron chi connectivity index (χ1n) is 3.80. The van der Waals surface area contributed by atoms with Gasteiger partial charge in [-0.3, -0.25) is 4.79 Å². The van der Waals surface area contributed by atoms with Crippen molar-refractivity contribution in [3.05, 3.63) is 18.2 Å². The summed E-state index contributed by atoms with van der Waals surface area (Å²) < 4.78 is 4.65. The standard InChI is InChI=1S/C8H11N3O2/c1-6-9-3-7(4-10-6)11-8(12)5-13-2/h3-4H,5H2,1-2H3,(H,11,12). The highest BCUT2D eigenvalue weighted by Gasteiger charge is 2.00. The Labute approximate surface area is 76.2 Å². The summed E-state index contributed by atoms with van der Waals surface area (Å²) in [5.41, 5.74) is 0.577. The van der Waals surface area contributed by atoms with Gasteiger partial charge in [0, 0.05) is 7.11 Å². The van der Waals surface area contributed by atoms with E-state index in [4.69, 9.17) is 0 Å². The molecule has 0 aliphatic rings. The van der Waals surface area contributed by atoms with Gasteiger partial charge in [0.05, 0.1) is 18.1 Å². The fraction of sp³-hybridized carbons (Fsp3) is 0.375. The molecule has 1 heterocycles. The largest absolute Gasteiger partial charge is 0.375 e. The first kappa shape index (κ1) is 9.60. The van der Waals surface area contributed by atoms with Crippen molar-refractivity contribution >= 4 is 11.6 Å². The Bertz CT molecular complexity index is 284. The average Bonchev–Trinajstić information content (AvgIpc) is 2.09. The highest BCUT2D eigenvalue weighted by Crippen LogP contribution is 2.01. The van der Waals surface area contributed by atoms with Gasteiger partial charge < -0.3 is 10.1 Å². The zero-order valence-corrected chi connectivity index (χ0v) is 7.57. The fourth-order valence-electron chi connectivity index (χ4n) is 0.785. The number of nitrogens with zero attached hydrogens (tertiary/aromatic N) is 2. The van der Waals surface area contributed by atoms with Gasteiger partial charge in [-0.1, -0.05) is 0 Å². The van der Waals surface area contributed by atoms with E-state index >= 15 is 0 Å². The van der Waals surface area contributed by atoms with Crippen LogP contribution in [0.15, 0.2) is 12.4 Å². The molecule has 1 amide bonds. The maximum atomic E-state index is 11.0. The summed E-state index contributed by atoms with van der Waals surface area (Å²) >= 11 is 0. The third kappa shape index (κ3) is 3.16. The Balaban J connectivity index is 2.54. The monoisotopic (exact) mass is 181 g/mol. The topological polar surface area (TPSA) is 64.1 Å². The van der Waals surface area contributed by atoms with Crippen LogP contribution in [0.3, 0.4) is 0 Å². The summed E-state index contributed by atoms with van der Waals surface area (Å²) in [7, 11) is 1.46. The third-order valence-electron chi connectivity index (χ3n) is 1.34. The van der Waals surface area contributed by atoms with Gasteiger partial charge in [0.2, 0.25) is 5.91 Å². The fourth-order valence-corrected chi connectivity index (χ4v) is 0.785. The Morgan fingerprint density at radius 2 is 2.15 bits per heavy atom. The van der Waals surface area contributed by atoms with Gasteiger partial charge in [0.25, 0.3) is 0 Å². The van der Waals surface area contributed by atoms with Gasteiger partial charge in [-0.2, -0.15) is 0 Å². The zero-order valence-electron chi connectivity index (χ0n) is 7.57. The van der Waals surface area contributed by atoms with E-state index in [0.29, 0.717) is 11.5 Å². The lowest BCUT2D eigenvalue weighted by molar-refractivity contribution is -0.119. The van der Waals surface area contributed by atoms with Crippen LogP contribution >= 0.6 is 0 Å². The molecule has 0 aliphatic carbocycles. The van der Waals surface area contributed by atoms with Crippen LogP contribution in [-0.4, -0.2) is 29.6 Å². The number of rotatable bonds is 3. The van der Waals surface area contributed by atoms with Crippen LogP contribution < -0.4 is 5.32 Å². The zero-order chi connectivity index (χ0) is 9.68. The van der Waals surface area contributed by atoms with Crippen LogP contribution in [0.1, 0.15) is 5.82 Å². The second-order valence-electron chi connectivity index (χ2n) is 2.50. The highest BCUT2D eigenvalue weighted by atomic mass is 16.5. The summed E-state index contributed by atoms with van der Waals surface area (Å²) in [5, 5.41) is 2.58. The maximum Gasteiger partial charge on any atom is 0.250 e. The molecular formula is C8H11N3O2. The number of carbonyl (C=O) groups excluding carboxylic acids is 1. The molecule has 0 aromatic carbocycles. The number of anilines is 1. The van der Waals surface area contributed by atoms with Gasteiger partial charge in [-0.25, -0.2) is 9.97 Å². The van der Waals surface area contributed by atoms with Crippen molar-refractivity contribution in [1.82, 2.24) is 9.97 Å². The second-order valence-corrected chi connectivity index (χ2v) is 2.50. The van der Waals surface area contributed by atoms with Gasteiger partial charge >= 0.3 is 0 Å². The Morgan fingerprint density at radius 1 is 1.54 bits per heavy atom. The van der Waals surface area contributed by atoms with Gasteiger partial charge in [0.15, 0.2) is 0 Å². The molecular weight excluding hydrogens is 170 g/mol. The van der Waals surface area contributed by atoms with Crippen molar-refractivity contribution in [1.29, 1.82) is 0 Å². The van der Waals surface area contributed by atoms with Crippen molar-refractivity contribution in [3.63, 3.8) is 0 Å². The Morgan fingerprint density at radius 3 is 2.69 bits per heavy atom. The molecule has 1 aromatic rings. The second kappa shape index (κ2) is 4.51. The minimum atomic E-state index is -0.213. The van der Waals surface area contributed by atoms with Crippen LogP contribution in [0.2, 0.25) is 0 Å². The van der Waals surface area contributed by atoms with E-state index in [0.717, 1.165) is 0 Å². The van der Waals surface area contributed by atoms with Crippen molar-refractivity contribution in [2.45, 2.75) is 6.92 Å². The summed E-state index contributed by atoms with van der Waals surface area (Å²) in [6.07, 6.45) is 3.10. The third-order valence-corrected chi connectivity index (χ3v) is 1.34. The van der Waals surface area contributed by atoms with E-state index in [1.807, 2.05) is 0 Å². The predicted octanol–water partition coefficient (Wildman–Crippen LogP) is 0.370. The van der Waals surface area contributed by atoms with Gasteiger partial charge in [-0.05, 0) is 6.92 Å². The van der Waals surface area contributed by atoms with E-state index in [1.54, 1.807) is 19.3 Å². The normalized spacial score (nSPS) is 9.69. The molecule has 5 nitrogen and oxygen atoms in total. The van der Waals surface area contributed by atoms with Crippen LogP contribution in [0.25, 0.3) is 0 Å². The molecule has 0 aliphatic heterocycles. The molecule has 0 unspecified atom stereocenters. The molecule has 70 valence electrons. The SMILES string of the molecule is COCC(=O)Nc1cnc(C)nc1. The number of hydrogen-bond acceptors (Lipinski definition) is 4. The van der Waals surface area contributed by atoms with Crippen LogP contribution in [0, 0.1) is 6.92 Å². The smallest absolute Gasteiger partial charge is 0.250 e. The van der Waals surface area contributed by atoms with E-state index < -0.39 is 0 Å². The quantitative estimate of drug-likeness (QED) is 0.731. The van der Waals surface area contributed by atoms with E-state index in [1.165, 1.54) is 7.11 Å². The molecule has 5 heteroatoms. The van der Waals surface area contributed by atoms with Crippen molar-refractivity contribution in [2.75, 3.05) is 19.0 Å². The van der Waals surface area contributed by atoms with Crippen molar-refractivity contribution in [2.24, 2.45) is 0 Å². The average molecular weight is 181 g/mol. The predicted molar refractivity (Wildman–Crippen MR) is 47.3 cm³/mol. The Hall–Kier alpha value is -1.49. The van der Waals surface area contributed by atoms with E-state index in [9.17, 15) is 4.79 Å². The van der Waals surface area contributed by atoms with Crippen LogP contribution in [0.5, 0.6) is 0 Å². The van der Waals surface area contributed by atoms with Crippen molar-refractivity contribution in [3.8, 4) is 0 Å². The maximum absolute atomic E-state index is 11.0. The molecule has 0 saturated carbocycles. The molecule has 1 aromatic heterocycles. The molecule has 13 heavy (non-hydrogen) atoms. The van der Waals surface area contributed by atoms with Crippen LogP contribution in [0.4, 0.5) is 5.69 Å². The van der Waals surface area contributed by atoms with Gasteiger partial charge in [-0.15, -0.1) is 0 Å². The number of hydrogen-bond donors (Lipinski definition) is 1. The summed E-state index contributed by atoms with van der Waals surface area (Å²) in [5.74, 6) is 0.458. The minimum Gasteiger partial charge on any atom is -0.375 e. The molecule has 0 fully saturated rings. The molecule has 0 spiro atoms. The summed E-state index contributed by atoms with van der Waals surface area (Å²) in [6.45, 7) is 1.81. The Kier molecular flexibility index (Phi) is 3.33. The number of aromatic nitrogens is 2. The summed E-state index contributed by atoms with van der Waals surface area (Å²) in [4.78, 5) is 18.9. The lowest BCUT2D eigenvalue weighted by Gasteiger charge is -2.02. The first-order chi connectivity index (χ1) is 6.22. The number of methoxy groups -OCH3 is 1. The first-order valence-corrected chi connectivity index (χ1v) is 3.80. The number of ether oxygens (including phenoxy) is 1. The number of carbonyl (C=O) groups is 1. The molecule has 1 rings (SSSR count).